The number of carbonyl (C=O) groups is 1. The molecule has 1 aromatic carbocycles. The molecule has 0 unspecified atom stereocenters. The summed E-state index contributed by atoms with van der Waals surface area (Å²) < 4.78 is 6.36. The van der Waals surface area contributed by atoms with Crippen LogP contribution in [0.1, 0.15) is 17.8 Å². The highest BCUT2D eigenvalue weighted by atomic mass is 32.1. The molecule has 2 heterocycles. The number of aliphatic hydroxyl groups is 1. The molecule has 2 N–H and O–H groups in total. The predicted molar refractivity (Wildman–Crippen MR) is 86.7 cm³/mol. The molecule has 22 heavy (non-hydrogen) atoms. The van der Waals surface area contributed by atoms with Gasteiger partial charge in [0.25, 0.3) is 0 Å². The lowest BCUT2D eigenvalue weighted by Gasteiger charge is -2.30. The first-order valence-electron chi connectivity index (χ1n) is 7.26. The molecule has 0 bridgehead atoms. The van der Waals surface area contributed by atoms with Crippen LogP contribution in [0.2, 0.25) is 0 Å². The van der Waals surface area contributed by atoms with Crippen LogP contribution in [0.25, 0.3) is 10.2 Å². The van der Waals surface area contributed by atoms with Crippen molar-refractivity contribution < 1.29 is 14.6 Å². The number of hydrogen-bond acceptors (Lipinski definition) is 5. The van der Waals surface area contributed by atoms with Crippen molar-refractivity contribution in [3.63, 3.8) is 0 Å². The minimum atomic E-state index is -0.437. The molecule has 1 aliphatic heterocycles. The zero-order valence-electron chi connectivity index (χ0n) is 12.6. The Morgan fingerprint density at radius 2 is 2.36 bits per heavy atom. The van der Waals surface area contributed by atoms with Crippen LogP contribution in [0.3, 0.4) is 0 Å². The first-order chi connectivity index (χ1) is 10.6. The van der Waals surface area contributed by atoms with E-state index in [4.69, 9.17) is 4.74 Å². The smallest absolute Gasteiger partial charge is 0.322 e. The topological polar surface area (TPSA) is 74.7 Å². The van der Waals surface area contributed by atoms with Gasteiger partial charge in [0.15, 0.2) is 0 Å². The van der Waals surface area contributed by atoms with Crippen molar-refractivity contribution in [2.45, 2.75) is 25.9 Å². The highest BCUT2D eigenvalue weighted by Gasteiger charge is 2.23. The number of fused-ring (bicyclic) bond motifs is 1. The maximum absolute atomic E-state index is 12.4. The molecule has 1 aliphatic rings. The molecule has 0 radical (unpaired) electrons. The summed E-state index contributed by atoms with van der Waals surface area (Å²) in [4.78, 5) is 18.4. The largest absolute Gasteiger partial charge is 0.494 e. The van der Waals surface area contributed by atoms with E-state index in [2.05, 4.69) is 10.3 Å². The van der Waals surface area contributed by atoms with E-state index in [1.54, 1.807) is 23.3 Å². The van der Waals surface area contributed by atoms with Crippen LogP contribution in [-0.2, 0) is 0 Å². The number of likely N-dealkylation sites (tertiary alicyclic amines) is 1. The number of aliphatic hydroxyl groups excluding tert-OH is 1. The molecule has 6 nitrogen and oxygen atoms in total. The summed E-state index contributed by atoms with van der Waals surface area (Å²) in [5.41, 5.74) is 1.49. The van der Waals surface area contributed by atoms with Crippen LogP contribution in [0.15, 0.2) is 12.1 Å². The maximum Gasteiger partial charge on any atom is 0.322 e. The molecule has 0 spiro atoms. The van der Waals surface area contributed by atoms with Gasteiger partial charge in [-0.3, -0.25) is 0 Å². The van der Waals surface area contributed by atoms with Crippen molar-refractivity contribution in [1.29, 1.82) is 0 Å². The molecule has 1 aromatic heterocycles. The van der Waals surface area contributed by atoms with Crippen molar-refractivity contribution >= 4 is 33.3 Å². The van der Waals surface area contributed by atoms with Crippen LogP contribution >= 0.6 is 11.3 Å². The number of carbonyl (C=O) groups excluding carboxylic acids is 1. The molecule has 1 atom stereocenters. The third-order valence-electron chi connectivity index (χ3n) is 3.74. The Labute approximate surface area is 132 Å². The van der Waals surface area contributed by atoms with Gasteiger partial charge in [-0.15, -0.1) is 11.3 Å². The number of anilines is 1. The van der Waals surface area contributed by atoms with Gasteiger partial charge >= 0.3 is 6.03 Å². The fraction of sp³-hybridized carbons (Fsp3) is 0.467. The molecule has 0 aliphatic carbocycles. The molecule has 118 valence electrons. The lowest BCUT2D eigenvalue weighted by molar-refractivity contribution is 0.0883. The number of hydrogen-bond donors (Lipinski definition) is 2. The molecular formula is C15H19N3O3S. The van der Waals surface area contributed by atoms with Gasteiger partial charge in [-0.25, -0.2) is 9.78 Å². The number of piperidine rings is 1. The highest BCUT2D eigenvalue weighted by molar-refractivity contribution is 7.18. The number of urea groups is 1. The molecule has 2 amide bonds. The zero-order chi connectivity index (χ0) is 15.7. The van der Waals surface area contributed by atoms with Gasteiger partial charge in [0.2, 0.25) is 0 Å². The average Bonchev–Trinajstić information content (AvgIpc) is 2.85. The van der Waals surface area contributed by atoms with Gasteiger partial charge in [0.05, 0.1) is 34.1 Å². The lowest BCUT2D eigenvalue weighted by atomic mass is 10.1. The van der Waals surface area contributed by atoms with Gasteiger partial charge in [-0.1, -0.05) is 0 Å². The summed E-state index contributed by atoms with van der Waals surface area (Å²) in [6.45, 7) is 2.98. The summed E-state index contributed by atoms with van der Waals surface area (Å²) in [5.74, 6) is 0.587. The maximum atomic E-state index is 12.4. The van der Waals surface area contributed by atoms with Crippen molar-refractivity contribution in [1.82, 2.24) is 9.88 Å². The van der Waals surface area contributed by atoms with Crippen LogP contribution in [0, 0.1) is 6.92 Å². The van der Waals surface area contributed by atoms with Crippen LogP contribution < -0.4 is 10.1 Å². The van der Waals surface area contributed by atoms with Crippen LogP contribution in [-0.4, -0.2) is 47.3 Å². The highest BCUT2D eigenvalue weighted by Crippen LogP contribution is 2.33. The summed E-state index contributed by atoms with van der Waals surface area (Å²) in [6, 6.07) is 3.51. The van der Waals surface area contributed by atoms with Crippen molar-refractivity contribution in [2.24, 2.45) is 0 Å². The number of nitrogens with zero attached hydrogens (tertiary/aromatic N) is 2. The zero-order valence-corrected chi connectivity index (χ0v) is 13.4. The number of ether oxygens (including phenoxy) is 1. The van der Waals surface area contributed by atoms with E-state index in [9.17, 15) is 9.90 Å². The average molecular weight is 321 g/mol. The molecule has 3 rings (SSSR count). The van der Waals surface area contributed by atoms with Gasteiger partial charge < -0.3 is 20.1 Å². The molecule has 1 fully saturated rings. The number of amides is 2. The normalized spacial score (nSPS) is 18.5. The Kier molecular flexibility index (Phi) is 4.17. The second kappa shape index (κ2) is 6.10. The van der Waals surface area contributed by atoms with E-state index in [1.807, 2.05) is 19.1 Å². The lowest BCUT2D eigenvalue weighted by Crippen LogP contribution is -2.44. The summed E-state index contributed by atoms with van der Waals surface area (Å²) >= 11 is 1.58. The second-order valence-corrected chi connectivity index (χ2v) is 6.66. The monoisotopic (exact) mass is 321 g/mol. The SMILES string of the molecule is COc1cc2nc(C)sc2cc1NC(=O)N1CCC[C@@H](O)C1. The quantitative estimate of drug-likeness (QED) is 0.891. The fourth-order valence-corrected chi connectivity index (χ4v) is 3.52. The number of benzene rings is 1. The minimum absolute atomic E-state index is 0.211. The van der Waals surface area contributed by atoms with Crippen LogP contribution in [0.5, 0.6) is 5.75 Å². The number of rotatable bonds is 2. The van der Waals surface area contributed by atoms with E-state index < -0.39 is 6.10 Å². The van der Waals surface area contributed by atoms with Crippen molar-refractivity contribution in [3.8, 4) is 5.75 Å². The van der Waals surface area contributed by atoms with Crippen LogP contribution in [0.4, 0.5) is 10.5 Å². The van der Waals surface area contributed by atoms with Crippen molar-refractivity contribution in [3.05, 3.63) is 17.1 Å². The fourth-order valence-electron chi connectivity index (χ4n) is 2.67. The Morgan fingerprint density at radius 1 is 1.55 bits per heavy atom. The minimum Gasteiger partial charge on any atom is -0.494 e. The van der Waals surface area contributed by atoms with E-state index in [1.165, 1.54) is 0 Å². The second-order valence-electron chi connectivity index (χ2n) is 5.43. The molecule has 7 heteroatoms. The number of thiazole rings is 1. The Bertz CT molecular complexity index is 701. The number of β-amino-alcohol motifs (C(OH)–C–C–N with tert-alkyl or cyclic N) is 1. The molecule has 0 saturated carbocycles. The van der Waals surface area contributed by atoms with Gasteiger partial charge in [-0.2, -0.15) is 0 Å². The Hall–Kier alpha value is -1.86. The summed E-state index contributed by atoms with van der Waals surface area (Å²) in [6.07, 6.45) is 1.13. The van der Waals surface area contributed by atoms with Gasteiger partial charge in [-0.05, 0) is 25.8 Å². The third-order valence-corrected chi connectivity index (χ3v) is 4.68. The predicted octanol–water partition coefficient (Wildman–Crippen LogP) is 2.60. The van der Waals surface area contributed by atoms with E-state index in [0.717, 1.165) is 28.1 Å². The number of methoxy groups -OCH3 is 1. The standard InChI is InChI=1S/C15H19N3O3S/c1-9-16-12-6-13(21-2)11(7-14(12)22-9)17-15(20)18-5-3-4-10(19)8-18/h6-7,10,19H,3-5,8H2,1-2H3,(H,17,20)/t10-/m1/s1. The molecule has 2 aromatic rings. The summed E-state index contributed by atoms with van der Waals surface area (Å²) in [5, 5.41) is 13.5. The first-order valence-corrected chi connectivity index (χ1v) is 8.07. The third kappa shape index (κ3) is 3.00. The van der Waals surface area contributed by atoms with E-state index >= 15 is 0 Å². The van der Waals surface area contributed by atoms with Gasteiger partial charge in [0.1, 0.15) is 5.75 Å². The van der Waals surface area contributed by atoms with E-state index in [0.29, 0.717) is 24.5 Å². The number of aryl methyl sites for hydroxylation is 1. The summed E-state index contributed by atoms with van der Waals surface area (Å²) in [7, 11) is 1.57. The Morgan fingerprint density at radius 3 is 3.09 bits per heavy atom. The van der Waals surface area contributed by atoms with Crippen molar-refractivity contribution in [2.75, 3.05) is 25.5 Å². The molecular weight excluding hydrogens is 302 g/mol. The Balaban J connectivity index is 1.84. The van der Waals surface area contributed by atoms with Gasteiger partial charge in [0, 0.05) is 19.2 Å². The first kappa shape index (κ1) is 15.1. The molecule has 1 saturated heterocycles. The number of aromatic nitrogens is 1. The van der Waals surface area contributed by atoms with E-state index in [-0.39, 0.29) is 6.03 Å². The number of nitrogens with one attached hydrogen (secondary N) is 1.